The molecule has 0 saturated carbocycles. The predicted octanol–water partition coefficient (Wildman–Crippen LogP) is 4.50. The lowest BCUT2D eigenvalue weighted by atomic mass is 10.0. The molecule has 0 bridgehead atoms. The van der Waals surface area contributed by atoms with E-state index in [2.05, 4.69) is 36.8 Å². The summed E-state index contributed by atoms with van der Waals surface area (Å²) >= 11 is 13.0. The van der Waals surface area contributed by atoms with Gasteiger partial charge in [-0.2, -0.15) is 0 Å². The summed E-state index contributed by atoms with van der Waals surface area (Å²) in [5.74, 6) is 0. The quantitative estimate of drug-likeness (QED) is 0.838. The second-order valence-corrected chi connectivity index (χ2v) is 6.11. The van der Waals surface area contributed by atoms with Crippen molar-refractivity contribution in [3.05, 3.63) is 61.8 Å². The summed E-state index contributed by atoms with van der Waals surface area (Å²) in [6.45, 7) is 0. The maximum atomic E-state index is 6.23. The molecule has 18 heavy (non-hydrogen) atoms. The highest BCUT2D eigenvalue weighted by Crippen LogP contribution is 2.30. The van der Waals surface area contributed by atoms with E-state index in [1.807, 2.05) is 30.5 Å². The Morgan fingerprint density at radius 2 is 2.06 bits per heavy atom. The number of hydrogen-bond acceptors (Lipinski definition) is 2. The van der Waals surface area contributed by atoms with Crippen LogP contribution >= 0.6 is 43.5 Å². The van der Waals surface area contributed by atoms with Crippen molar-refractivity contribution in [2.24, 2.45) is 5.73 Å². The van der Waals surface area contributed by atoms with Crippen molar-refractivity contribution in [1.29, 1.82) is 0 Å². The van der Waals surface area contributed by atoms with Crippen molar-refractivity contribution >= 4 is 43.5 Å². The fourth-order valence-electron chi connectivity index (χ4n) is 1.74. The van der Waals surface area contributed by atoms with Crippen molar-refractivity contribution in [2.75, 3.05) is 0 Å². The summed E-state index contributed by atoms with van der Waals surface area (Å²) in [6.07, 6.45) is 4.26. The molecule has 2 N–H and O–H groups in total. The number of halogens is 3. The van der Waals surface area contributed by atoms with E-state index < -0.39 is 0 Å². The van der Waals surface area contributed by atoms with Crippen LogP contribution in [0.4, 0.5) is 0 Å². The van der Waals surface area contributed by atoms with Gasteiger partial charge in [0.05, 0.1) is 5.02 Å². The Kier molecular flexibility index (Phi) is 4.78. The van der Waals surface area contributed by atoms with Crippen molar-refractivity contribution in [3.63, 3.8) is 0 Å². The third-order valence-electron chi connectivity index (χ3n) is 2.60. The maximum Gasteiger partial charge on any atom is 0.0595 e. The average molecular weight is 391 g/mol. The molecule has 0 spiro atoms. The SMILES string of the molecule is NC(Cc1cncc(Br)c1)c1cccc(Br)c1Cl. The fourth-order valence-corrected chi connectivity index (χ4v) is 2.80. The number of aromatic nitrogens is 1. The van der Waals surface area contributed by atoms with Crippen LogP contribution in [-0.4, -0.2) is 4.98 Å². The summed E-state index contributed by atoms with van der Waals surface area (Å²) in [5, 5.41) is 0.674. The molecule has 1 aromatic carbocycles. The third kappa shape index (κ3) is 3.32. The molecule has 2 nitrogen and oxygen atoms in total. The van der Waals surface area contributed by atoms with E-state index in [1.165, 1.54) is 0 Å². The van der Waals surface area contributed by atoms with Gasteiger partial charge in [0.1, 0.15) is 0 Å². The second kappa shape index (κ2) is 6.15. The molecule has 0 aliphatic rings. The zero-order valence-electron chi connectivity index (χ0n) is 9.41. The molecule has 1 atom stereocenters. The van der Waals surface area contributed by atoms with Gasteiger partial charge >= 0.3 is 0 Å². The van der Waals surface area contributed by atoms with Crippen LogP contribution in [0.15, 0.2) is 45.6 Å². The molecule has 0 fully saturated rings. The van der Waals surface area contributed by atoms with Gasteiger partial charge in [-0.1, -0.05) is 23.7 Å². The van der Waals surface area contributed by atoms with Crippen LogP contribution in [0.2, 0.25) is 5.02 Å². The van der Waals surface area contributed by atoms with E-state index in [4.69, 9.17) is 17.3 Å². The van der Waals surface area contributed by atoms with Crippen molar-refractivity contribution < 1.29 is 0 Å². The smallest absolute Gasteiger partial charge is 0.0595 e. The van der Waals surface area contributed by atoms with Crippen LogP contribution in [0.1, 0.15) is 17.2 Å². The Morgan fingerprint density at radius 3 is 2.78 bits per heavy atom. The van der Waals surface area contributed by atoms with Gasteiger partial charge in [-0.05, 0) is 61.5 Å². The Morgan fingerprint density at radius 1 is 1.28 bits per heavy atom. The summed E-state index contributed by atoms with van der Waals surface area (Å²) < 4.78 is 1.82. The zero-order valence-corrected chi connectivity index (χ0v) is 13.3. The van der Waals surface area contributed by atoms with E-state index >= 15 is 0 Å². The molecule has 5 heteroatoms. The average Bonchev–Trinajstić information content (AvgIpc) is 2.32. The first-order valence-corrected chi connectivity index (χ1v) is 7.33. The highest BCUT2D eigenvalue weighted by Gasteiger charge is 2.13. The first kappa shape index (κ1) is 14.0. The number of nitrogens with zero attached hydrogens (tertiary/aromatic N) is 1. The Hall–Kier alpha value is -0.420. The Bertz CT molecular complexity index is 560. The molecule has 94 valence electrons. The van der Waals surface area contributed by atoms with Crippen molar-refractivity contribution in [1.82, 2.24) is 4.98 Å². The first-order valence-electron chi connectivity index (χ1n) is 5.37. The van der Waals surface area contributed by atoms with Gasteiger partial charge in [0.2, 0.25) is 0 Å². The third-order valence-corrected chi connectivity index (χ3v) is 4.34. The second-order valence-electron chi connectivity index (χ2n) is 3.97. The molecular formula is C13H11Br2ClN2. The van der Waals surface area contributed by atoms with Crippen molar-refractivity contribution in [3.8, 4) is 0 Å². The lowest BCUT2D eigenvalue weighted by Crippen LogP contribution is -2.14. The van der Waals surface area contributed by atoms with Gasteiger partial charge in [0, 0.05) is 27.4 Å². The fraction of sp³-hybridized carbons (Fsp3) is 0.154. The zero-order chi connectivity index (χ0) is 13.1. The molecule has 2 aromatic rings. The van der Waals surface area contributed by atoms with Crippen LogP contribution in [0, 0.1) is 0 Å². The number of nitrogens with two attached hydrogens (primary N) is 1. The standard InChI is InChI=1S/C13H11Br2ClN2/c14-9-4-8(6-18-7-9)5-12(17)10-2-1-3-11(15)13(10)16/h1-4,6-7,12H,5,17H2. The monoisotopic (exact) mass is 388 g/mol. The first-order chi connectivity index (χ1) is 8.58. The highest BCUT2D eigenvalue weighted by atomic mass is 79.9. The maximum absolute atomic E-state index is 6.23. The van der Waals surface area contributed by atoms with E-state index in [9.17, 15) is 0 Å². The van der Waals surface area contributed by atoms with Crippen molar-refractivity contribution in [2.45, 2.75) is 12.5 Å². The summed E-state index contributed by atoms with van der Waals surface area (Å²) in [4.78, 5) is 4.13. The van der Waals surface area contributed by atoms with Gasteiger partial charge in [0.25, 0.3) is 0 Å². The molecule has 1 aromatic heterocycles. The lowest BCUT2D eigenvalue weighted by Gasteiger charge is -2.14. The molecule has 2 rings (SSSR count). The molecule has 1 unspecified atom stereocenters. The molecule has 0 saturated heterocycles. The molecule has 1 heterocycles. The number of rotatable bonds is 3. The van der Waals surface area contributed by atoms with Gasteiger partial charge in [-0.15, -0.1) is 0 Å². The van der Waals surface area contributed by atoms with E-state index in [0.717, 1.165) is 20.1 Å². The van der Waals surface area contributed by atoms with Gasteiger partial charge < -0.3 is 5.73 Å². The van der Waals surface area contributed by atoms with Crippen LogP contribution in [0.3, 0.4) is 0 Å². The molecule has 0 radical (unpaired) electrons. The Labute approximate surface area is 128 Å². The molecular weight excluding hydrogens is 379 g/mol. The van der Waals surface area contributed by atoms with Crippen LogP contribution in [0.25, 0.3) is 0 Å². The lowest BCUT2D eigenvalue weighted by molar-refractivity contribution is 0.719. The summed E-state index contributed by atoms with van der Waals surface area (Å²) in [5.41, 5.74) is 8.21. The van der Waals surface area contributed by atoms with Crippen LogP contribution in [0.5, 0.6) is 0 Å². The molecule has 0 aliphatic carbocycles. The largest absolute Gasteiger partial charge is 0.324 e. The van der Waals surface area contributed by atoms with E-state index in [1.54, 1.807) is 6.20 Å². The molecule has 0 amide bonds. The van der Waals surface area contributed by atoms with E-state index in [0.29, 0.717) is 11.4 Å². The number of benzene rings is 1. The minimum absolute atomic E-state index is 0.147. The van der Waals surface area contributed by atoms with Gasteiger partial charge in [0.15, 0.2) is 0 Å². The van der Waals surface area contributed by atoms with Gasteiger partial charge in [-0.25, -0.2) is 0 Å². The number of hydrogen-bond donors (Lipinski definition) is 1. The molecule has 0 aliphatic heterocycles. The number of pyridine rings is 1. The van der Waals surface area contributed by atoms with Gasteiger partial charge in [-0.3, -0.25) is 4.98 Å². The normalized spacial score (nSPS) is 12.4. The minimum atomic E-state index is -0.147. The highest BCUT2D eigenvalue weighted by molar-refractivity contribution is 9.10. The summed E-state index contributed by atoms with van der Waals surface area (Å²) in [7, 11) is 0. The Balaban J connectivity index is 2.22. The topological polar surface area (TPSA) is 38.9 Å². The minimum Gasteiger partial charge on any atom is -0.324 e. The van der Waals surface area contributed by atoms with Crippen LogP contribution in [-0.2, 0) is 6.42 Å². The van der Waals surface area contributed by atoms with Crippen LogP contribution < -0.4 is 5.73 Å². The van der Waals surface area contributed by atoms with E-state index in [-0.39, 0.29) is 6.04 Å². The summed E-state index contributed by atoms with van der Waals surface area (Å²) in [6, 6.07) is 7.65. The predicted molar refractivity (Wildman–Crippen MR) is 81.7 cm³/mol.